The molecule has 0 unspecified atom stereocenters. The van der Waals surface area contributed by atoms with Crippen LogP contribution >= 0.6 is 0 Å². The Hall–Kier alpha value is -1.55. The van der Waals surface area contributed by atoms with Gasteiger partial charge in [-0.15, -0.1) is 0 Å². The number of nitrogens with one attached hydrogen (secondary N) is 1. The van der Waals surface area contributed by atoms with Gasteiger partial charge < -0.3 is 15.0 Å². The SMILES string of the molecule is O=CN1Cc2cccc(NC3CCOCC3)c2C1. The van der Waals surface area contributed by atoms with Crippen molar-refractivity contribution in [1.82, 2.24) is 4.90 Å². The Balaban J connectivity index is 1.77. The molecule has 4 heteroatoms. The molecular weight excluding hydrogens is 228 g/mol. The van der Waals surface area contributed by atoms with Gasteiger partial charge in [0.1, 0.15) is 0 Å². The zero-order valence-corrected chi connectivity index (χ0v) is 10.4. The summed E-state index contributed by atoms with van der Waals surface area (Å²) in [5.41, 5.74) is 3.72. The summed E-state index contributed by atoms with van der Waals surface area (Å²) in [4.78, 5) is 12.7. The van der Waals surface area contributed by atoms with E-state index in [-0.39, 0.29) is 0 Å². The van der Waals surface area contributed by atoms with Crippen LogP contribution in [0.3, 0.4) is 0 Å². The van der Waals surface area contributed by atoms with Crippen molar-refractivity contribution in [2.24, 2.45) is 0 Å². The highest BCUT2D eigenvalue weighted by Crippen LogP contribution is 2.29. The Morgan fingerprint density at radius 1 is 1.28 bits per heavy atom. The molecule has 3 rings (SSSR count). The lowest BCUT2D eigenvalue weighted by atomic mass is 10.1. The van der Waals surface area contributed by atoms with E-state index in [0.29, 0.717) is 6.04 Å². The number of fused-ring (bicyclic) bond motifs is 1. The monoisotopic (exact) mass is 246 g/mol. The minimum Gasteiger partial charge on any atom is -0.382 e. The number of anilines is 1. The third kappa shape index (κ3) is 2.20. The summed E-state index contributed by atoms with van der Waals surface area (Å²) in [5.74, 6) is 0. The van der Waals surface area contributed by atoms with Crippen molar-refractivity contribution < 1.29 is 9.53 Å². The van der Waals surface area contributed by atoms with E-state index in [1.54, 1.807) is 4.90 Å². The van der Waals surface area contributed by atoms with Gasteiger partial charge in [0.25, 0.3) is 0 Å². The molecular formula is C14H18N2O2. The van der Waals surface area contributed by atoms with Crippen LogP contribution in [0.25, 0.3) is 0 Å². The lowest BCUT2D eigenvalue weighted by Crippen LogP contribution is -2.28. The maximum absolute atomic E-state index is 10.9. The number of ether oxygens (including phenoxy) is 1. The van der Waals surface area contributed by atoms with E-state index in [1.807, 2.05) is 0 Å². The molecule has 0 atom stereocenters. The molecule has 18 heavy (non-hydrogen) atoms. The standard InChI is InChI=1S/C14H18N2O2/c17-10-16-8-11-2-1-3-14(13(11)9-16)15-12-4-6-18-7-5-12/h1-3,10,12,15H,4-9H2. The van der Waals surface area contributed by atoms with Crippen molar-refractivity contribution in [3.05, 3.63) is 29.3 Å². The summed E-state index contributed by atoms with van der Waals surface area (Å²) in [7, 11) is 0. The van der Waals surface area contributed by atoms with Crippen LogP contribution in [-0.2, 0) is 22.6 Å². The second-order valence-corrected chi connectivity index (χ2v) is 4.98. The molecule has 1 fully saturated rings. The number of carbonyl (C=O) groups is 1. The molecule has 1 amide bonds. The molecule has 1 aromatic rings. The van der Waals surface area contributed by atoms with Crippen molar-refractivity contribution in [3.63, 3.8) is 0 Å². The Bertz CT molecular complexity index is 441. The van der Waals surface area contributed by atoms with Crippen molar-refractivity contribution in [2.45, 2.75) is 32.0 Å². The molecule has 2 heterocycles. The molecule has 0 aromatic heterocycles. The van der Waals surface area contributed by atoms with Gasteiger partial charge in [0.05, 0.1) is 0 Å². The number of benzene rings is 1. The van der Waals surface area contributed by atoms with Crippen LogP contribution in [-0.4, -0.2) is 30.6 Å². The van der Waals surface area contributed by atoms with Crippen molar-refractivity contribution in [2.75, 3.05) is 18.5 Å². The van der Waals surface area contributed by atoms with Crippen LogP contribution in [0.4, 0.5) is 5.69 Å². The quantitative estimate of drug-likeness (QED) is 0.826. The smallest absolute Gasteiger partial charge is 0.210 e. The first-order chi connectivity index (χ1) is 8.86. The predicted molar refractivity (Wildman–Crippen MR) is 69.2 cm³/mol. The normalized spacial score (nSPS) is 19.7. The van der Waals surface area contributed by atoms with E-state index in [2.05, 4.69) is 23.5 Å². The average Bonchev–Trinajstić information content (AvgIpc) is 2.84. The topological polar surface area (TPSA) is 41.6 Å². The van der Waals surface area contributed by atoms with Crippen LogP contribution in [0.5, 0.6) is 0 Å². The van der Waals surface area contributed by atoms with Gasteiger partial charge in [0.2, 0.25) is 6.41 Å². The fraction of sp³-hybridized carbons (Fsp3) is 0.500. The van der Waals surface area contributed by atoms with Crippen LogP contribution in [0.15, 0.2) is 18.2 Å². The predicted octanol–water partition coefficient (Wildman–Crippen LogP) is 1.75. The molecule has 0 bridgehead atoms. The Labute approximate surface area is 107 Å². The highest BCUT2D eigenvalue weighted by molar-refractivity contribution is 5.60. The summed E-state index contributed by atoms with van der Waals surface area (Å²) in [6.45, 7) is 3.15. The molecule has 0 saturated carbocycles. The van der Waals surface area contributed by atoms with E-state index in [9.17, 15) is 4.79 Å². The minimum absolute atomic E-state index is 0.496. The maximum atomic E-state index is 10.9. The zero-order chi connectivity index (χ0) is 12.4. The Kier molecular flexibility index (Phi) is 3.19. The number of hydrogen-bond acceptors (Lipinski definition) is 3. The first kappa shape index (κ1) is 11.5. The first-order valence-corrected chi connectivity index (χ1v) is 6.51. The van der Waals surface area contributed by atoms with E-state index < -0.39 is 0 Å². The van der Waals surface area contributed by atoms with Gasteiger partial charge in [-0.25, -0.2) is 0 Å². The van der Waals surface area contributed by atoms with Crippen molar-refractivity contribution in [1.29, 1.82) is 0 Å². The molecule has 0 spiro atoms. The molecule has 1 N–H and O–H groups in total. The van der Waals surface area contributed by atoms with E-state index in [4.69, 9.17) is 4.74 Å². The lowest BCUT2D eigenvalue weighted by Gasteiger charge is -2.25. The number of amides is 1. The summed E-state index contributed by atoms with van der Waals surface area (Å²) >= 11 is 0. The first-order valence-electron chi connectivity index (χ1n) is 6.51. The van der Waals surface area contributed by atoms with Crippen LogP contribution in [0, 0.1) is 0 Å². The van der Waals surface area contributed by atoms with Gasteiger partial charge >= 0.3 is 0 Å². The minimum atomic E-state index is 0.496. The van der Waals surface area contributed by atoms with Gasteiger partial charge in [-0.1, -0.05) is 12.1 Å². The number of carbonyl (C=O) groups excluding carboxylic acids is 1. The second kappa shape index (κ2) is 4.98. The summed E-state index contributed by atoms with van der Waals surface area (Å²) in [5, 5.41) is 3.60. The second-order valence-electron chi connectivity index (χ2n) is 4.98. The fourth-order valence-electron chi connectivity index (χ4n) is 2.72. The molecule has 0 aliphatic carbocycles. The third-order valence-corrected chi connectivity index (χ3v) is 3.74. The van der Waals surface area contributed by atoms with Gasteiger partial charge in [0.15, 0.2) is 0 Å². The highest BCUT2D eigenvalue weighted by atomic mass is 16.5. The zero-order valence-electron chi connectivity index (χ0n) is 10.4. The van der Waals surface area contributed by atoms with Gasteiger partial charge in [-0.3, -0.25) is 4.79 Å². The van der Waals surface area contributed by atoms with E-state index >= 15 is 0 Å². The lowest BCUT2D eigenvalue weighted by molar-refractivity contribution is -0.118. The highest BCUT2D eigenvalue weighted by Gasteiger charge is 2.22. The summed E-state index contributed by atoms with van der Waals surface area (Å²) in [6, 6.07) is 6.78. The molecule has 4 nitrogen and oxygen atoms in total. The molecule has 2 aliphatic heterocycles. The van der Waals surface area contributed by atoms with Crippen LogP contribution in [0.1, 0.15) is 24.0 Å². The van der Waals surface area contributed by atoms with Gasteiger partial charge in [-0.2, -0.15) is 0 Å². The van der Waals surface area contributed by atoms with E-state index in [1.165, 1.54) is 16.8 Å². The van der Waals surface area contributed by atoms with Crippen molar-refractivity contribution in [3.8, 4) is 0 Å². The van der Waals surface area contributed by atoms with Crippen LogP contribution in [0.2, 0.25) is 0 Å². The van der Waals surface area contributed by atoms with Gasteiger partial charge in [0, 0.05) is 38.0 Å². The largest absolute Gasteiger partial charge is 0.382 e. The van der Waals surface area contributed by atoms with Crippen LogP contribution < -0.4 is 5.32 Å². The third-order valence-electron chi connectivity index (χ3n) is 3.74. The Morgan fingerprint density at radius 2 is 2.11 bits per heavy atom. The molecule has 1 saturated heterocycles. The molecule has 2 aliphatic rings. The number of hydrogen-bond donors (Lipinski definition) is 1. The Morgan fingerprint density at radius 3 is 2.89 bits per heavy atom. The van der Waals surface area contributed by atoms with E-state index in [0.717, 1.165) is 45.6 Å². The maximum Gasteiger partial charge on any atom is 0.210 e. The molecule has 96 valence electrons. The average molecular weight is 246 g/mol. The number of nitrogens with zero attached hydrogens (tertiary/aromatic N) is 1. The van der Waals surface area contributed by atoms with Gasteiger partial charge in [-0.05, 0) is 30.0 Å². The molecule has 1 aromatic carbocycles. The van der Waals surface area contributed by atoms with Crippen molar-refractivity contribution >= 4 is 12.1 Å². The fourth-order valence-corrected chi connectivity index (χ4v) is 2.72. The summed E-state index contributed by atoms with van der Waals surface area (Å²) in [6.07, 6.45) is 3.04. The number of rotatable bonds is 3. The molecule has 0 radical (unpaired) electrons. The summed E-state index contributed by atoms with van der Waals surface area (Å²) < 4.78 is 5.37.